The maximum Gasteiger partial charge on any atom is 0.246 e. The molecule has 1 aliphatic heterocycles. The molecule has 2 fully saturated rings. The largest absolute Gasteiger partial charge is 0.496 e. The molecule has 0 radical (unpaired) electrons. The second-order valence-electron chi connectivity index (χ2n) is 11.6. The molecule has 1 aliphatic carbocycles. The lowest BCUT2D eigenvalue weighted by Crippen LogP contribution is -2.37. The van der Waals surface area contributed by atoms with Gasteiger partial charge in [0.15, 0.2) is 0 Å². The van der Waals surface area contributed by atoms with Crippen LogP contribution in [0.3, 0.4) is 0 Å². The molecule has 1 aromatic carbocycles. The number of amides is 1. The number of benzene rings is 1. The smallest absolute Gasteiger partial charge is 0.246 e. The van der Waals surface area contributed by atoms with E-state index in [0.29, 0.717) is 59.2 Å². The molecule has 0 bridgehead atoms. The molecule has 1 saturated carbocycles. The Hall–Kier alpha value is -1.98. The van der Waals surface area contributed by atoms with Gasteiger partial charge in [-0.3, -0.25) is 4.79 Å². The van der Waals surface area contributed by atoms with Crippen LogP contribution in [0.4, 0.5) is 0 Å². The highest BCUT2D eigenvalue weighted by molar-refractivity contribution is 7.89. The van der Waals surface area contributed by atoms with Crippen molar-refractivity contribution in [1.82, 2.24) is 14.5 Å². The fraction of sp³-hybridized carbons (Fsp3) is 0.633. The zero-order valence-electron chi connectivity index (χ0n) is 24.7. The Bertz CT molecular complexity index is 1250. The monoisotopic (exact) mass is 591 g/mol. The van der Waals surface area contributed by atoms with Gasteiger partial charge in [-0.15, -0.1) is 11.3 Å². The summed E-state index contributed by atoms with van der Waals surface area (Å²) >= 11 is 1.83. The van der Waals surface area contributed by atoms with E-state index < -0.39 is 10.0 Å². The third kappa shape index (κ3) is 6.90. The molecule has 2 aromatic rings. The van der Waals surface area contributed by atoms with E-state index in [2.05, 4.69) is 41.8 Å². The van der Waals surface area contributed by atoms with E-state index in [-0.39, 0.29) is 25.2 Å². The maximum atomic E-state index is 13.5. The number of ether oxygens (including phenoxy) is 2. The summed E-state index contributed by atoms with van der Waals surface area (Å²) in [6, 6.07) is 6.61. The molecule has 4 rings (SSSR count). The predicted octanol–water partition coefficient (Wildman–Crippen LogP) is 4.69. The zero-order valence-corrected chi connectivity index (χ0v) is 26.4. The number of thiophene rings is 1. The van der Waals surface area contributed by atoms with Crippen LogP contribution in [0.15, 0.2) is 28.5 Å². The van der Waals surface area contributed by atoms with Crippen LogP contribution in [0.25, 0.3) is 0 Å². The van der Waals surface area contributed by atoms with Crippen molar-refractivity contribution < 1.29 is 22.7 Å². The summed E-state index contributed by atoms with van der Waals surface area (Å²) in [6.45, 7) is 6.74. The number of carbonyl (C=O) groups excluding carboxylic acids is 1. The van der Waals surface area contributed by atoms with Crippen molar-refractivity contribution in [3.05, 3.63) is 45.1 Å². The molecule has 8 nitrogen and oxygen atoms in total. The van der Waals surface area contributed by atoms with Gasteiger partial charge in [0.05, 0.1) is 18.1 Å². The molecule has 1 N–H and O–H groups in total. The molecule has 2 atom stereocenters. The van der Waals surface area contributed by atoms with Crippen molar-refractivity contribution >= 4 is 27.3 Å². The number of nitrogens with one attached hydrogen (secondary N) is 1. The summed E-state index contributed by atoms with van der Waals surface area (Å²) in [5.74, 6) is 1.68. The standard InChI is InChI=1S/C30H45N3O5S2/c1-20-16-26(37-6)21(2)22(3)30(20)40(35,36)33-14-13-25(18-33)38-19-28(34)31-17-23-9-11-24(12-10-23)29(32(4)5)27-8-7-15-39-27/h7-8,15-16,23-25,29H,9-14,17-19H2,1-6H3,(H,31,34). The van der Waals surface area contributed by atoms with Gasteiger partial charge in [-0.1, -0.05) is 6.07 Å². The van der Waals surface area contributed by atoms with Crippen LogP contribution < -0.4 is 10.1 Å². The molecular formula is C30H45N3O5S2. The van der Waals surface area contributed by atoms with E-state index in [1.807, 2.05) is 25.2 Å². The minimum atomic E-state index is -3.68. The average molecular weight is 592 g/mol. The number of aryl methyl sites for hydroxylation is 1. The van der Waals surface area contributed by atoms with Gasteiger partial charge in [-0.05, 0) is 113 Å². The lowest BCUT2D eigenvalue weighted by molar-refractivity contribution is -0.127. The first-order chi connectivity index (χ1) is 19.0. The van der Waals surface area contributed by atoms with E-state index in [1.165, 1.54) is 9.18 Å². The SMILES string of the molecule is COc1cc(C)c(S(=O)(=O)N2CCC(OCC(=O)NCC3CCC(C(c4cccs4)N(C)C)CC3)C2)c(C)c1C. The van der Waals surface area contributed by atoms with Crippen LogP contribution in [-0.2, 0) is 19.6 Å². The van der Waals surface area contributed by atoms with Crippen LogP contribution in [0.1, 0.15) is 59.7 Å². The summed E-state index contributed by atoms with van der Waals surface area (Å²) in [5.41, 5.74) is 2.20. The molecule has 40 heavy (non-hydrogen) atoms. The predicted molar refractivity (Wildman–Crippen MR) is 160 cm³/mol. The minimum Gasteiger partial charge on any atom is -0.496 e. The third-order valence-electron chi connectivity index (χ3n) is 8.67. The molecule has 0 spiro atoms. The molecule has 1 aromatic heterocycles. The molecule has 2 heterocycles. The van der Waals surface area contributed by atoms with Crippen LogP contribution in [0, 0.1) is 32.6 Å². The van der Waals surface area contributed by atoms with Crippen molar-refractivity contribution in [3.63, 3.8) is 0 Å². The van der Waals surface area contributed by atoms with Crippen LogP contribution in [-0.4, -0.2) is 77.1 Å². The Morgan fingerprint density at radius 2 is 1.88 bits per heavy atom. The fourth-order valence-corrected chi connectivity index (χ4v) is 9.38. The van der Waals surface area contributed by atoms with Crippen LogP contribution in [0.5, 0.6) is 5.75 Å². The number of methoxy groups -OCH3 is 1. The molecule has 1 amide bonds. The Labute approximate surface area is 244 Å². The molecule has 2 unspecified atom stereocenters. The summed E-state index contributed by atoms with van der Waals surface area (Å²) in [4.78, 5) is 16.7. The number of hydrogen-bond acceptors (Lipinski definition) is 7. The van der Waals surface area contributed by atoms with Gasteiger partial charge in [0.2, 0.25) is 15.9 Å². The van der Waals surface area contributed by atoms with E-state index in [1.54, 1.807) is 20.1 Å². The van der Waals surface area contributed by atoms with Gasteiger partial charge in [-0.25, -0.2) is 8.42 Å². The number of hydrogen-bond donors (Lipinski definition) is 1. The van der Waals surface area contributed by atoms with Gasteiger partial charge in [-0.2, -0.15) is 4.31 Å². The Morgan fingerprint density at radius 1 is 1.15 bits per heavy atom. The maximum absolute atomic E-state index is 13.5. The van der Waals surface area contributed by atoms with Gasteiger partial charge < -0.3 is 19.7 Å². The van der Waals surface area contributed by atoms with Crippen molar-refractivity contribution in [1.29, 1.82) is 0 Å². The number of sulfonamides is 1. The number of nitrogens with zero attached hydrogens (tertiary/aromatic N) is 2. The minimum absolute atomic E-state index is 0.0469. The van der Waals surface area contributed by atoms with E-state index in [0.717, 1.165) is 31.2 Å². The highest BCUT2D eigenvalue weighted by Gasteiger charge is 2.36. The van der Waals surface area contributed by atoms with E-state index >= 15 is 0 Å². The molecule has 10 heteroatoms. The van der Waals surface area contributed by atoms with Crippen molar-refractivity contribution in [2.75, 3.05) is 47.4 Å². The van der Waals surface area contributed by atoms with Crippen molar-refractivity contribution in [2.24, 2.45) is 11.8 Å². The third-order valence-corrected chi connectivity index (χ3v) is 11.8. The first kappa shape index (κ1) is 31.0. The molecule has 2 aliphatic rings. The molecular weight excluding hydrogens is 546 g/mol. The summed E-state index contributed by atoms with van der Waals surface area (Å²) in [7, 11) is 2.24. The van der Waals surface area contributed by atoms with Crippen LogP contribution in [0.2, 0.25) is 0 Å². The van der Waals surface area contributed by atoms with Crippen molar-refractivity contribution in [3.8, 4) is 5.75 Å². The first-order valence-corrected chi connectivity index (χ1v) is 16.6. The Balaban J connectivity index is 1.22. The normalized spacial score (nSPS) is 22.9. The lowest BCUT2D eigenvalue weighted by atomic mass is 9.77. The first-order valence-electron chi connectivity index (χ1n) is 14.3. The summed E-state index contributed by atoms with van der Waals surface area (Å²) < 4.78 is 39.8. The number of rotatable bonds is 11. The van der Waals surface area contributed by atoms with E-state index in [9.17, 15) is 13.2 Å². The molecule has 1 saturated heterocycles. The lowest BCUT2D eigenvalue weighted by Gasteiger charge is -2.37. The topological polar surface area (TPSA) is 88.2 Å². The second kappa shape index (κ2) is 13.3. The second-order valence-corrected chi connectivity index (χ2v) is 14.4. The zero-order chi connectivity index (χ0) is 29.0. The van der Waals surface area contributed by atoms with Crippen LogP contribution >= 0.6 is 11.3 Å². The van der Waals surface area contributed by atoms with Crippen molar-refractivity contribution in [2.45, 2.75) is 69.9 Å². The van der Waals surface area contributed by atoms with Gasteiger partial charge in [0, 0.05) is 30.6 Å². The van der Waals surface area contributed by atoms with E-state index in [4.69, 9.17) is 9.47 Å². The quantitative estimate of drug-likeness (QED) is 0.408. The van der Waals surface area contributed by atoms with Gasteiger partial charge >= 0.3 is 0 Å². The fourth-order valence-electron chi connectivity index (χ4n) is 6.39. The highest BCUT2D eigenvalue weighted by atomic mass is 32.2. The number of carbonyl (C=O) groups is 1. The van der Waals surface area contributed by atoms with Gasteiger partial charge in [0.25, 0.3) is 0 Å². The highest BCUT2D eigenvalue weighted by Crippen LogP contribution is 2.40. The molecule has 222 valence electrons. The summed E-state index contributed by atoms with van der Waals surface area (Å²) in [5, 5.41) is 5.21. The Kier molecular flexibility index (Phi) is 10.3. The van der Waals surface area contributed by atoms with Gasteiger partial charge in [0.1, 0.15) is 12.4 Å². The Morgan fingerprint density at radius 3 is 2.50 bits per heavy atom. The average Bonchev–Trinajstić information content (AvgIpc) is 3.62. The summed E-state index contributed by atoms with van der Waals surface area (Å²) in [6.07, 6.45) is 4.83.